The van der Waals surface area contributed by atoms with Crippen molar-refractivity contribution in [1.82, 2.24) is 0 Å². The lowest BCUT2D eigenvalue weighted by molar-refractivity contribution is 0.300. The predicted molar refractivity (Wildman–Crippen MR) is 184 cm³/mol. The minimum Gasteiger partial charge on any atom is -0.497 e. The standard InChI is InChI=1S/C38H50N4O2/c1-4-27-19-33(37-29(11-15-39)23-35(43-3)24-30(37)12-16-40)20-28(5-2)36(27)34-21-31(13-17-41)38(32(22-34)14-18-42)44-25-26-9-7-6-8-10-26/h6-10,19-24H,4-5,11-18,25,39-42H2,1-3H3. The maximum Gasteiger partial charge on any atom is 0.126 e. The first-order valence-electron chi connectivity index (χ1n) is 16.0. The van der Waals surface area contributed by atoms with Crippen molar-refractivity contribution in [3.8, 4) is 33.8 Å². The van der Waals surface area contributed by atoms with Crippen LogP contribution in [0.15, 0.2) is 66.7 Å². The van der Waals surface area contributed by atoms with Crippen molar-refractivity contribution in [2.45, 2.75) is 59.0 Å². The van der Waals surface area contributed by atoms with Crippen LogP contribution in [0.1, 0.15) is 52.8 Å². The van der Waals surface area contributed by atoms with Crippen LogP contribution in [-0.2, 0) is 45.1 Å². The van der Waals surface area contributed by atoms with E-state index >= 15 is 0 Å². The summed E-state index contributed by atoms with van der Waals surface area (Å²) in [5.41, 5.74) is 37.8. The first kappa shape index (κ1) is 33.2. The first-order chi connectivity index (χ1) is 21.5. The number of aryl methyl sites for hydroxylation is 2. The average molecular weight is 595 g/mol. The molecule has 0 radical (unpaired) electrons. The van der Waals surface area contributed by atoms with Crippen LogP contribution in [0, 0.1) is 0 Å². The molecular formula is C38H50N4O2. The molecule has 6 nitrogen and oxygen atoms in total. The second kappa shape index (κ2) is 16.4. The molecule has 0 unspecified atom stereocenters. The molecule has 0 fully saturated rings. The number of hydrogen-bond donors (Lipinski definition) is 4. The van der Waals surface area contributed by atoms with E-state index in [1.54, 1.807) is 7.11 Å². The third-order valence-corrected chi connectivity index (χ3v) is 8.28. The Balaban J connectivity index is 1.89. The molecule has 8 N–H and O–H groups in total. The third-order valence-electron chi connectivity index (χ3n) is 8.28. The normalized spacial score (nSPS) is 11.2. The van der Waals surface area contributed by atoms with Crippen molar-refractivity contribution in [1.29, 1.82) is 0 Å². The Morgan fingerprint density at radius 3 is 1.41 bits per heavy atom. The Kier molecular flexibility index (Phi) is 12.4. The topological polar surface area (TPSA) is 123 Å². The minimum absolute atomic E-state index is 0.503. The molecule has 0 heterocycles. The van der Waals surface area contributed by atoms with E-state index in [9.17, 15) is 0 Å². The highest BCUT2D eigenvalue weighted by Crippen LogP contribution is 2.40. The Hall–Kier alpha value is -3.68. The van der Waals surface area contributed by atoms with Gasteiger partial charge in [0.25, 0.3) is 0 Å². The molecule has 0 aliphatic heterocycles. The van der Waals surface area contributed by atoms with Crippen LogP contribution < -0.4 is 32.4 Å². The molecule has 0 amide bonds. The molecule has 0 bridgehead atoms. The van der Waals surface area contributed by atoms with E-state index in [1.807, 2.05) is 18.2 Å². The Morgan fingerprint density at radius 1 is 0.545 bits per heavy atom. The summed E-state index contributed by atoms with van der Waals surface area (Å²) in [6.07, 6.45) is 4.79. The molecule has 4 aromatic carbocycles. The SMILES string of the molecule is CCc1cc(-c2c(CCN)cc(OC)cc2CCN)cc(CC)c1-c1cc(CCN)c(OCc2ccccc2)c(CCN)c1. The molecule has 0 spiro atoms. The number of methoxy groups -OCH3 is 1. The van der Waals surface area contributed by atoms with Crippen LogP contribution >= 0.6 is 0 Å². The molecule has 0 aliphatic rings. The quantitative estimate of drug-likeness (QED) is 0.131. The van der Waals surface area contributed by atoms with E-state index in [1.165, 1.54) is 44.5 Å². The summed E-state index contributed by atoms with van der Waals surface area (Å²) in [7, 11) is 1.71. The summed E-state index contributed by atoms with van der Waals surface area (Å²) in [6, 6.07) is 23.8. The molecule has 4 aromatic rings. The third kappa shape index (κ3) is 7.69. The highest BCUT2D eigenvalue weighted by atomic mass is 16.5. The van der Waals surface area contributed by atoms with Gasteiger partial charge in [0.1, 0.15) is 18.1 Å². The first-order valence-corrected chi connectivity index (χ1v) is 16.0. The molecule has 0 aromatic heterocycles. The van der Waals surface area contributed by atoms with Crippen molar-refractivity contribution in [2.75, 3.05) is 33.3 Å². The number of ether oxygens (including phenoxy) is 2. The van der Waals surface area contributed by atoms with Crippen LogP contribution in [0.25, 0.3) is 22.3 Å². The average Bonchev–Trinajstić information content (AvgIpc) is 3.04. The Morgan fingerprint density at radius 2 is 0.977 bits per heavy atom. The lowest BCUT2D eigenvalue weighted by Crippen LogP contribution is -2.11. The lowest BCUT2D eigenvalue weighted by Gasteiger charge is -2.23. The largest absolute Gasteiger partial charge is 0.497 e. The summed E-state index contributed by atoms with van der Waals surface area (Å²) in [5, 5.41) is 0. The van der Waals surface area contributed by atoms with Gasteiger partial charge in [-0.15, -0.1) is 0 Å². The van der Waals surface area contributed by atoms with E-state index in [0.717, 1.165) is 66.7 Å². The van der Waals surface area contributed by atoms with Gasteiger partial charge in [0.2, 0.25) is 0 Å². The molecule has 4 rings (SSSR count). The van der Waals surface area contributed by atoms with Crippen LogP contribution in [0.2, 0.25) is 0 Å². The van der Waals surface area contributed by atoms with Crippen LogP contribution in [0.4, 0.5) is 0 Å². The van der Waals surface area contributed by atoms with Crippen molar-refractivity contribution in [3.63, 3.8) is 0 Å². The van der Waals surface area contributed by atoms with Gasteiger partial charge in [-0.25, -0.2) is 0 Å². The van der Waals surface area contributed by atoms with Gasteiger partial charge in [-0.05, 0) is 150 Å². The molecule has 6 heteroatoms. The molecule has 0 atom stereocenters. The Labute approximate surface area is 263 Å². The van der Waals surface area contributed by atoms with Gasteiger partial charge in [0.15, 0.2) is 0 Å². The summed E-state index contributed by atoms with van der Waals surface area (Å²) in [4.78, 5) is 0. The molecule has 44 heavy (non-hydrogen) atoms. The highest BCUT2D eigenvalue weighted by Gasteiger charge is 2.20. The fourth-order valence-electron chi connectivity index (χ4n) is 6.27. The zero-order valence-electron chi connectivity index (χ0n) is 26.8. The predicted octanol–water partition coefficient (Wildman–Crippen LogP) is 5.74. The maximum atomic E-state index is 6.49. The fraction of sp³-hybridized carbons (Fsp3) is 0.368. The van der Waals surface area contributed by atoms with Gasteiger partial charge in [-0.2, -0.15) is 0 Å². The zero-order chi connectivity index (χ0) is 31.5. The minimum atomic E-state index is 0.503. The number of benzene rings is 4. The lowest BCUT2D eigenvalue weighted by atomic mass is 9.83. The second-order valence-corrected chi connectivity index (χ2v) is 11.2. The molecule has 0 aliphatic carbocycles. The molecule has 234 valence electrons. The van der Waals surface area contributed by atoms with Gasteiger partial charge in [0.05, 0.1) is 7.11 Å². The van der Waals surface area contributed by atoms with Gasteiger partial charge in [-0.3, -0.25) is 0 Å². The summed E-state index contributed by atoms with van der Waals surface area (Å²) >= 11 is 0. The van der Waals surface area contributed by atoms with Gasteiger partial charge in [0, 0.05) is 0 Å². The van der Waals surface area contributed by atoms with E-state index < -0.39 is 0 Å². The van der Waals surface area contributed by atoms with E-state index in [-0.39, 0.29) is 0 Å². The van der Waals surface area contributed by atoms with Crippen molar-refractivity contribution in [3.05, 3.63) is 106 Å². The second-order valence-electron chi connectivity index (χ2n) is 11.2. The van der Waals surface area contributed by atoms with Crippen molar-refractivity contribution in [2.24, 2.45) is 22.9 Å². The molecular weight excluding hydrogens is 544 g/mol. The number of nitrogens with two attached hydrogens (primary N) is 4. The van der Waals surface area contributed by atoms with Gasteiger partial charge in [-0.1, -0.05) is 56.3 Å². The molecule has 0 saturated heterocycles. The highest BCUT2D eigenvalue weighted by molar-refractivity contribution is 5.81. The Bertz CT molecular complexity index is 1440. The van der Waals surface area contributed by atoms with E-state index in [0.29, 0.717) is 32.8 Å². The van der Waals surface area contributed by atoms with E-state index in [4.69, 9.17) is 32.4 Å². The summed E-state index contributed by atoms with van der Waals surface area (Å²) in [5.74, 6) is 1.76. The number of hydrogen-bond acceptors (Lipinski definition) is 6. The number of rotatable bonds is 16. The van der Waals surface area contributed by atoms with Crippen LogP contribution in [-0.4, -0.2) is 33.3 Å². The van der Waals surface area contributed by atoms with Crippen LogP contribution in [0.5, 0.6) is 11.5 Å². The summed E-state index contributed by atoms with van der Waals surface area (Å²) in [6.45, 7) is 7.18. The monoisotopic (exact) mass is 594 g/mol. The van der Waals surface area contributed by atoms with Gasteiger partial charge < -0.3 is 32.4 Å². The van der Waals surface area contributed by atoms with Crippen molar-refractivity contribution >= 4 is 0 Å². The maximum absolute atomic E-state index is 6.49. The fourth-order valence-corrected chi connectivity index (χ4v) is 6.27. The summed E-state index contributed by atoms with van der Waals surface area (Å²) < 4.78 is 12.1. The zero-order valence-corrected chi connectivity index (χ0v) is 26.8. The van der Waals surface area contributed by atoms with Crippen LogP contribution in [0.3, 0.4) is 0 Å². The van der Waals surface area contributed by atoms with Crippen molar-refractivity contribution < 1.29 is 9.47 Å². The van der Waals surface area contributed by atoms with E-state index in [2.05, 4.69) is 62.4 Å². The van der Waals surface area contributed by atoms with Gasteiger partial charge >= 0.3 is 0 Å². The smallest absolute Gasteiger partial charge is 0.126 e. The molecule has 0 saturated carbocycles.